The molecule has 1 aliphatic rings. The van der Waals surface area contributed by atoms with Crippen LogP contribution in [0.2, 0.25) is 5.02 Å². The minimum absolute atomic E-state index is 0.0718. The minimum Gasteiger partial charge on any atom is -0.489 e. The lowest BCUT2D eigenvalue weighted by Gasteiger charge is -2.31. The van der Waals surface area contributed by atoms with E-state index in [1.807, 2.05) is 50.2 Å². The van der Waals surface area contributed by atoms with Crippen LogP contribution in [0.5, 0.6) is 5.75 Å². The highest BCUT2D eigenvalue weighted by molar-refractivity contribution is 6.32. The predicted molar refractivity (Wildman–Crippen MR) is 115 cm³/mol. The van der Waals surface area contributed by atoms with E-state index in [1.54, 1.807) is 11.0 Å². The van der Waals surface area contributed by atoms with Crippen LogP contribution in [-0.2, 0) is 4.74 Å². The lowest BCUT2D eigenvalue weighted by atomic mass is 10.2. The summed E-state index contributed by atoms with van der Waals surface area (Å²) >= 11 is 6.25. The topological polar surface area (TPSA) is 64.4 Å². The molecule has 4 rings (SSSR count). The summed E-state index contributed by atoms with van der Waals surface area (Å²) in [7, 11) is 0. The Hall–Kier alpha value is -2.77. The van der Waals surface area contributed by atoms with Gasteiger partial charge in [0, 0.05) is 24.8 Å². The normalized spacial score (nSPS) is 14.3. The van der Waals surface area contributed by atoms with Crippen LogP contribution in [0.15, 0.2) is 48.8 Å². The maximum atomic E-state index is 6.25. The molecule has 1 aliphatic heterocycles. The number of para-hydroxylation sites is 1. The van der Waals surface area contributed by atoms with Gasteiger partial charge in [-0.25, -0.2) is 4.68 Å². The summed E-state index contributed by atoms with van der Waals surface area (Å²) in [6.45, 7) is 7.21. The molecule has 0 unspecified atom stereocenters. The zero-order valence-electron chi connectivity index (χ0n) is 16.5. The zero-order valence-corrected chi connectivity index (χ0v) is 17.3. The monoisotopic (exact) mass is 413 g/mol. The molecular weight excluding hydrogens is 390 g/mol. The van der Waals surface area contributed by atoms with Gasteiger partial charge in [0.1, 0.15) is 12.1 Å². The van der Waals surface area contributed by atoms with E-state index in [0.717, 1.165) is 49.1 Å². The Bertz CT molecular complexity index is 969. The highest BCUT2D eigenvalue weighted by atomic mass is 35.5. The fourth-order valence-corrected chi connectivity index (χ4v) is 3.43. The van der Waals surface area contributed by atoms with Crippen molar-refractivity contribution in [3.05, 3.63) is 53.8 Å². The molecule has 152 valence electrons. The molecule has 7 nitrogen and oxygen atoms in total. The number of ether oxygens (including phenoxy) is 2. The molecule has 1 aromatic heterocycles. The number of aromatic nitrogens is 3. The molecule has 1 saturated heterocycles. The number of hydrogen-bond donors (Lipinski definition) is 1. The maximum Gasteiger partial charge on any atom is 0.246 e. The van der Waals surface area contributed by atoms with E-state index < -0.39 is 0 Å². The van der Waals surface area contributed by atoms with Gasteiger partial charge in [-0.3, -0.25) is 0 Å². The maximum absolute atomic E-state index is 6.25. The summed E-state index contributed by atoms with van der Waals surface area (Å²) in [5.41, 5.74) is 2.71. The summed E-state index contributed by atoms with van der Waals surface area (Å²) in [6, 6.07) is 13.6. The molecule has 0 radical (unpaired) electrons. The van der Waals surface area contributed by atoms with Gasteiger partial charge in [-0.05, 0) is 38.1 Å². The number of halogens is 1. The number of anilines is 3. The number of benzene rings is 2. The molecule has 8 heteroatoms. The van der Waals surface area contributed by atoms with Crippen molar-refractivity contribution >= 4 is 28.9 Å². The third kappa shape index (κ3) is 4.63. The molecule has 0 spiro atoms. The van der Waals surface area contributed by atoms with Crippen LogP contribution in [0.1, 0.15) is 13.8 Å². The molecule has 0 saturated carbocycles. The van der Waals surface area contributed by atoms with Crippen LogP contribution in [0.4, 0.5) is 17.3 Å². The van der Waals surface area contributed by atoms with Crippen LogP contribution in [-0.4, -0.2) is 47.2 Å². The average Bonchev–Trinajstić information content (AvgIpc) is 3.17. The van der Waals surface area contributed by atoms with Crippen LogP contribution < -0.4 is 15.0 Å². The third-order valence-electron chi connectivity index (χ3n) is 4.52. The van der Waals surface area contributed by atoms with Gasteiger partial charge < -0.3 is 19.7 Å². The van der Waals surface area contributed by atoms with Crippen LogP contribution in [0.25, 0.3) is 5.69 Å². The zero-order chi connectivity index (χ0) is 20.2. The molecule has 2 heterocycles. The summed E-state index contributed by atoms with van der Waals surface area (Å²) in [5.74, 6) is 1.32. The lowest BCUT2D eigenvalue weighted by molar-refractivity contribution is 0.122. The Kier molecular flexibility index (Phi) is 5.87. The second kappa shape index (κ2) is 8.71. The molecule has 1 fully saturated rings. The van der Waals surface area contributed by atoms with E-state index in [4.69, 9.17) is 21.1 Å². The van der Waals surface area contributed by atoms with Crippen LogP contribution >= 0.6 is 11.6 Å². The molecule has 0 bridgehead atoms. The van der Waals surface area contributed by atoms with Gasteiger partial charge in [0.25, 0.3) is 0 Å². The molecule has 0 atom stereocenters. The Morgan fingerprint density at radius 1 is 1.10 bits per heavy atom. The largest absolute Gasteiger partial charge is 0.489 e. The molecule has 0 aliphatic carbocycles. The van der Waals surface area contributed by atoms with Gasteiger partial charge in [-0.2, -0.15) is 4.98 Å². The fourth-order valence-electron chi connectivity index (χ4n) is 3.21. The van der Waals surface area contributed by atoms with Crippen molar-refractivity contribution in [2.45, 2.75) is 20.0 Å². The first-order valence-electron chi connectivity index (χ1n) is 9.67. The Morgan fingerprint density at radius 3 is 2.66 bits per heavy atom. The molecular formula is C21H24ClN5O2. The Morgan fingerprint density at radius 2 is 1.90 bits per heavy atom. The van der Waals surface area contributed by atoms with E-state index in [0.29, 0.717) is 11.0 Å². The van der Waals surface area contributed by atoms with Gasteiger partial charge in [-0.15, -0.1) is 5.10 Å². The van der Waals surface area contributed by atoms with Crippen molar-refractivity contribution in [3.8, 4) is 11.4 Å². The van der Waals surface area contributed by atoms with Crippen molar-refractivity contribution in [1.82, 2.24) is 14.8 Å². The summed E-state index contributed by atoms with van der Waals surface area (Å²) in [4.78, 5) is 6.63. The predicted octanol–water partition coefficient (Wildman–Crippen LogP) is 4.29. The van der Waals surface area contributed by atoms with E-state index in [-0.39, 0.29) is 6.10 Å². The van der Waals surface area contributed by atoms with E-state index >= 15 is 0 Å². The number of hydrogen-bond acceptors (Lipinski definition) is 6. The SMILES string of the molecule is CC(C)Oc1cc(Nc2ncn(-c3ccccc3Cl)n2)ccc1N1CCOCC1. The fraction of sp³-hybridized carbons (Fsp3) is 0.333. The van der Waals surface area contributed by atoms with E-state index in [9.17, 15) is 0 Å². The summed E-state index contributed by atoms with van der Waals surface area (Å²) < 4.78 is 13.2. The smallest absolute Gasteiger partial charge is 0.246 e. The first-order valence-corrected chi connectivity index (χ1v) is 10.0. The quantitative estimate of drug-likeness (QED) is 0.650. The minimum atomic E-state index is 0.0718. The van der Waals surface area contributed by atoms with E-state index in [1.165, 1.54) is 0 Å². The highest BCUT2D eigenvalue weighted by Crippen LogP contribution is 2.33. The molecule has 0 amide bonds. The van der Waals surface area contributed by atoms with Gasteiger partial charge in [0.2, 0.25) is 5.95 Å². The van der Waals surface area contributed by atoms with E-state index in [2.05, 4.69) is 26.4 Å². The van der Waals surface area contributed by atoms with Crippen molar-refractivity contribution < 1.29 is 9.47 Å². The van der Waals surface area contributed by atoms with Crippen molar-refractivity contribution in [1.29, 1.82) is 0 Å². The van der Waals surface area contributed by atoms with Crippen molar-refractivity contribution in [3.63, 3.8) is 0 Å². The van der Waals surface area contributed by atoms with Gasteiger partial charge >= 0.3 is 0 Å². The Labute approximate surface area is 175 Å². The summed E-state index contributed by atoms with van der Waals surface area (Å²) in [5, 5.41) is 8.35. The second-order valence-electron chi connectivity index (χ2n) is 7.04. The number of nitrogens with one attached hydrogen (secondary N) is 1. The second-order valence-corrected chi connectivity index (χ2v) is 7.44. The Balaban J connectivity index is 1.56. The molecule has 29 heavy (non-hydrogen) atoms. The standard InChI is InChI=1S/C21H24ClN5O2/c1-15(2)29-20-13-16(7-8-19(20)26-9-11-28-12-10-26)24-21-23-14-27(25-21)18-6-4-3-5-17(18)22/h3-8,13-15H,9-12H2,1-2H3,(H,24,25). The molecule has 3 aromatic rings. The highest BCUT2D eigenvalue weighted by Gasteiger charge is 2.17. The summed E-state index contributed by atoms with van der Waals surface area (Å²) in [6.07, 6.45) is 1.71. The molecule has 1 N–H and O–H groups in total. The van der Waals surface area contributed by atoms with Gasteiger partial charge in [-0.1, -0.05) is 23.7 Å². The first-order chi connectivity index (χ1) is 14.1. The first kappa shape index (κ1) is 19.5. The average molecular weight is 414 g/mol. The van der Waals surface area contributed by atoms with Gasteiger partial charge in [0.05, 0.1) is 35.7 Å². The van der Waals surface area contributed by atoms with Crippen molar-refractivity contribution in [2.75, 3.05) is 36.5 Å². The van der Waals surface area contributed by atoms with Crippen LogP contribution in [0.3, 0.4) is 0 Å². The third-order valence-corrected chi connectivity index (χ3v) is 4.84. The number of rotatable bonds is 6. The van der Waals surface area contributed by atoms with Crippen molar-refractivity contribution in [2.24, 2.45) is 0 Å². The molecule has 2 aromatic carbocycles. The van der Waals surface area contributed by atoms with Crippen LogP contribution in [0, 0.1) is 0 Å². The lowest BCUT2D eigenvalue weighted by Crippen LogP contribution is -2.36. The van der Waals surface area contributed by atoms with Gasteiger partial charge in [0.15, 0.2) is 0 Å². The number of morpholine rings is 1. The number of nitrogens with zero attached hydrogens (tertiary/aromatic N) is 4.